The van der Waals surface area contributed by atoms with Gasteiger partial charge in [0.2, 0.25) is 0 Å². The molecule has 1 aliphatic heterocycles. The van der Waals surface area contributed by atoms with E-state index in [1.807, 2.05) is 12.1 Å². The highest BCUT2D eigenvalue weighted by molar-refractivity contribution is 5.92. The van der Waals surface area contributed by atoms with Crippen molar-refractivity contribution in [2.24, 2.45) is 0 Å². The van der Waals surface area contributed by atoms with Crippen molar-refractivity contribution in [3.63, 3.8) is 0 Å². The maximum atomic E-state index is 12.4. The molecule has 1 N–H and O–H groups in total. The lowest BCUT2D eigenvalue weighted by molar-refractivity contribution is 0.0945. The van der Waals surface area contributed by atoms with Crippen molar-refractivity contribution in [2.45, 2.75) is 45.2 Å². The van der Waals surface area contributed by atoms with Crippen molar-refractivity contribution >= 4 is 11.7 Å². The van der Waals surface area contributed by atoms with Crippen LogP contribution in [0.3, 0.4) is 0 Å². The highest BCUT2D eigenvalue weighted by Gasteiger charge is 2.23. The van der Waals surface area contributed by atoms with Crippen molar-refractivity contribution in [2.75, 3.05) is 11.4 Å². The van der Waals surface area contributed by atoms with Gasteiger partial charge in [0.05, 0.1) is 0 Å². The Balaban J connectivity index is 1.69. The number of nitrogens with one attached hydrogen (secondary N) is 1. The van der Waals surface area contributed by atoms with Crippen LogP contribution in [-0.4, -0.2) is 33.4 Å². The summed E-state index contributed by atoms with van der Waals surface area (Å²) in [7, 11) is 0. The summed E-state index contributed by atoms with van der Waals surface area (Å²) in [6.45, 7) is 3.65. The molecule has 126 valence electrons. The molecule has 0 spiro atoms. The normalized spacial score (nSPS) is 17.5. The summed E-state index contributed by atoms with van der Waals surface area (Å²) in [5.74, 6) is 0.672. The zero-order valence-electron chi connectivity index (χ0n) is 14.0. The molecule has 1 saturated heterocycles. The first-order valence-corrected chi connectivity index (χ1v) is 8.53. The first-order valence-electron chi connectivity index (χ1n) is 8.53. The summed E-state index contributed by atoms with van der Waals surface area (Å²) in [6.07, 6.45) is 9.62. The highest BCUT2D eigenvalue weighted by Crippen LogP contribution is 2.24. The first kappa shape index (κ1) is 16.4. The number of carbonyl (C=O) groups excluding carboxylic acids is 1. The largest absolute Gasteiger partial charge is 0.354 e. The van der Waals surface area contributed by atoms with E-state index >= 15 is 0 Å². The number of anilines is 1. The molecule has 1 atom stereocenters. The molecule has 3 heterocycles. The van der Waals surface area contributed by atoms with Gasteiger partial charge in [-0.3, -0.25) is 9.78 Å². The van der Waals surface area contributed by atoms with Crippen molar-refractivity contribution in [1.82, 2.24) is 20.3 Å². The summed E-state index contributed by atoms with van der Waals surface area (Å²) in [6, 6.07) is 6.06. The molecule has 1 fully saturated rings. The molecule has 0 saturated carbocycles. The smallest absolute Gasteiger partial charge is 0.270 e. The summed E-state index contributed by atoms with van der Waals surface area (Å²) < 4.78 is 0. The van der Waals surface area contributed by atoms with Crippen LogP contribution < -0.4 is 10.2 Å². The van der Waals surface area contributed by atoms with Crippen molar-refractivity contribution in [1.29, 1.82) is 0 Å². The molecule has 1 aliphatic rings. The molecule has 2 aromatic rings. The van der Waals surface area contributed by atoms with E-state index in [1.165, 1.54) is 25.6 Å². The van der Waals surface area contributed by atoms with Crippen LogP contribution >= 0.6 is 0 Å². The average Bonchev–Trinajstić information content (AvgIpc) is 2.67. The van der Waals surface area contributed by atoms with Gasteiger partial charge in [0.25, 0.3) is 5.91 Å². The number of piperidine rings is 1. The molecule has 0 aliphatic carbocycles. The molecule has 6 nitrogen and oxygen atoms in total. The number of hydrogen-bond acceptors (Lipinski definition) is 5. The van der Waals surface area contributed by atoms with E-state index < -0.39 is 0 Å². The summed E-state index contributed by atoms with van der Waals surface area (Å²) in [5, 5.41) is 2.90. The lowest BCUT2D eigenvalue weighted by Gasteiger charge is -2.36. The predicted octanol–water partition coefficient (Wildman–Crippen LogP) is 2.57. The molecule has 2 aromatic heterocycles. The minimum Gasteiger partial charge on any atom is -0.354 e. The van der Waals surface area contributed by atoms with Gasteiger partial charge >= 0.3 is 0 Å². The molecule has 0 radical (unpaired) electrons. The molecule has 24 heavy (non-hydrogen) atoms. The molecule has 0 bridgehead atoms. The van der Waals surface area contributed by atoms with E-state index in [4.69, 9.17) is 0 Å². The van der Waals surface area contributed by atoms with Gasteiger partial charge in [0, 0.05) is 37.6 Å². The fourth-order valence-corrected chi connectivity index (χ4v) is 3.13. The number of amides is 1. The van der Waals surface area contributed by atoms with Crippen LogP contribution in [0.4, 0.5) is 5.82 Å². The lowest BCUT2D eigenvalue weighted by Crippen LogP contribution is -2.39. The van der Waals surface area contributed by atoms with Crippen LogP contribution in [0.15, 0.2) is 36.9 Å². The van der Waals surface area contributed by atoms with E-state index in [2.05, 4.69) is 32.1 Å². The molecular formula is C18H23N5O. The predicted molar refractivity (Wildman–Crippen MR) is 92.7 cm³/mol. The van der Waals surface area contributed by atoms with Crippen LogP contribution in [0.1, 0.15) is 48.7 Å². The number of carbonyl (C=O) groups is 1. The second kappa shape index (κ2) is 7.86. The second-order valence-electron chi connectivity index (χ2n) is 6.05. The van der Waals surface area contributed by atoms with Gasteiger partial charge in [-0.25, -0.2) is 9.97 Å². The number of rotatable bonds is 5. The SMILES string of the molecule is CCC1CCCCN1c1cc(C(=O)NCc2ccncc2)ncn1. The Morgan fingerprint density at radius 3 is 2.92 bits per heavy atom. The Bertz CT molecular complexity index is 676. The van der Waals surface area contributed by atoms with E-state index in [0.29, 0.717) is 18.3 Å². The van der Waals surface area contributed by atoms with Gasteiger partial charge in [-0.1, -0.05) is 6.92 Å². The Hall–Kier alpha value is -2.50. The fraction of sp³-hybridized carbons (Fsp3) is 0.444. The Labute approximate surface area is 142 Å². The second-order valence-corrected chi connectivity index (χ2v) is 6.05. The zero-order valence-corrected chi connectivity index (χ0v) is 14.0. The molecule has 1 amide bonds. The minimum absolute atomic E-state index is 0.180. The molecule has 3 rings (SSSR count). The van der Waals surface area contributed by atoms with E-state index in [0.717, 1.165) is 24.3 Å². The van der Waals surface area contributed by atoms with Crippen molar-refractivity contribution < 1.29 is 4.79 Å². The van der Waals surface area contributed by atoms with Gasteiger partial charge < -0.3 is 10.2 Å². The quantitative estimate of drug-likeness (QED) is 0.915. The summed E-state index contributed by atoms with van der Waals surface area (Å²) >= 11 is 0. The number of aromatic nitrogens is 3. The van der Waals surface area contributed by atoms with Gasteiger partial charge in [-0.2, -0.15) is 0 Å². The third kappa shape index (κ3) is 3.88. The number of nitrogens with zero attached hydrogens (tertiary/aromatic N) is 4. The van der Waals surface area contributed by atoms with Gasteiger partial charge in [-0.05, 0) is 43.4 Å². The van der Waals surface area contributed by atoms with Crippen LogP contribution in [0, 0.1) is 0 Å². The third-order valence-corrected chi connectivity index (χ3v) is 4.48. The van der Waals surface area contributed by atoms with E-state index in [-0.39, 0.29) is 5.91 Å². The average molecular weight is 325 g/mol. The zero-order chi connectivity index (χ0) is 16.8. The standard InChI is InChI=1S/C18H23N5O/c1-2-15-5-3-4-10-23(15)17-11-16(21-13-22-17)18(24)20-12-14-6-8-19-9-7-14/h6-9,11,13,15H,2-5,10,12H2,1H3,(H,20,24). The Morgan fingerprint density at radius 1 is 1.29 bits per heavy atom. The minimum atomic E-state index is -0.180. The Morgan fingerprint density at radius 2 is 2.12 bits per heavy atom. The van der Waals surface area contributed by atoms with E-state index in [1.54, 1.807) is 18.5 Å². The van der Waals surface area contributed by atoms with Crippen LogP contribution in [0.5, 0.6) is 0 Å². The summed E-state index contributed by atoms with van der Waals surface area (Å²) in [5.41, 5.74) is 1.42. The molecule has 0 aromatic carbocycles. The maximum absolute atomic E-state index is 12.4. The van der Waals surface area contributed by atoms with Crippen molar-refractivity contribution in [3.8, 4) is 0 Å². The highest BCUT2D eigenvalue weighted by atomic mass is 16.1. The third-order valence-electron chi connectivity index (χ3n) is 4.48. The van der Waals surface area contributed by atoms with Gasteiger partial charge in [0.15, 0.2) is 0 Å². The monoisotopic (exact) mass is 325 g/mol. The van der Waals surface area contributed by atoms with Gasteiger partial charge in [0.1, 0.15) is 17.8 Å². The van der Waals surface area contributed by atoms with Crippen molar-refractivity contribution in [3.05, 3.63) is 48.2 Å². The topological polar surface area (TPSA) is 71.0 Å². The summed E-state index contributed by atoms with van der Waals surface area (Å²) in [4.78, 5) is 27.2. The molecule has 1 unspecified atom stereocenters. The maximum Gasteiger partial charge on any atom is 0.270 e. The van der Waals surface area contributed by atoms with Crippen LogP contribution in [0.2, 0.25) is 0 Å². The first-order chi connectivity index (χ1) is 11.8. The Kier molecular flexibility index (Phi) is 5.36. The molecular weight excluding hydrogens is 302 g/mol. The molecule has 6 heteroatoms. The van der Waals surface area contributed by atoms with Crippen LogP contribution in [-0.2, 0) is 6.54 Å². The van der Waals surface area contributed by atoms with E-state index in [9.17, 15) is 4.79 Å². The number of pyridine rings is 1. The number of hydrogen-bond donors (Lipinski definition) is 1. The fourth-order valence-electron chi connectivity index (χ4n) is 3.13. The lowest BCUT2D eigenvalue weighted by atomic mass is 10.00. The van der Waals surface area contributed by atoms with Gasteiger partial charge in [-0.15, -0.1) is 0 Å². The van der Waals surface area contributed by atoms with Crippen LogP contribution in [0.25, 0.3) is 0 Å².